The number of anilines is 2. The molecule has 4 aromatic rings. The number of carbonyl (C=O) groups is 2. The second-order valence-corrected chi connectivity index (χ2v) is 8.13. The first-order chi connectivity index (χ1) is 17.5. The number of amides is 2. The summed E-state index contributed by atoms with van der Waals surface area (Å²) in [4.78, 5) is 32.1. The summed E-state index contributed by atoms with van der Waals surface area (Å²) in [5.41, 5.74) is 4.08. The Balaban J connectivity index is 1.49. The minimum atomic E-state index is -0.311. The summed E-state index contributed by atoms with van der Waals surface area (Å²) < 4.78 is 5.51. The highest BCUT2D eigenvalue weighted by Gasteiger charge is 2.11. The van der Waals surface area contributed by atoms with E-state index < -0.39 is 0 Å². The van der Waals surface area contributed by atoms with Crippen LogP contribution in [0.1, 0.15) is 29.8 Å². The molecule has 184 valence electrons. The van der Waals surface area contributed by atoms with Gasteiger partial charge in [-0.2, -0.15) is 0 Å². The van der Waals surface area contributed by atoms with Gasteiger partial charge in [0.05, 0.1) is 6.61 Å². The minimum Gasteiger partial charge on any atom is -0.494 e. The number of ether oxygens (including phenoxy) is 1. The average molecular weight is 484 g/mol. The lowest BCUT2D eigenvalue weighted by atomic mass is 10.1. The lowest BCUT2D eigenvalue weighted by Gasteiger charge is -2.13. The Morgan fingerprint density at radius 2 is 1.61 bits per heavy atom. The van der Waals surface area contributed by atoms with Crippen LogP contribution < -0.4 is 20.7 Å². The topological polar surface area (TPSA) is 108 Å². The van der Waals surface area contributed by atoms with Gasteiger partial charge in [-0.25, -0.2) is 0 Å². The third kappa shape index (κ3) is 6.50. The molecule has 0 aliphatic rings. The Bertz CT molecular complexity index is 1360. The second-order valence-electron chi connectivity index (χ2n) is 8.13. The SMILES string of the molecule is CCOc1ccc(NC(=NCCc2c[nH]c3ccccc23)NC(=O)c2ccc(NC(C)=O)cc2)cc1. The number of aliphatic imine (C=N–C) groups is 1. The van der Waals surface area contributed by atoms with Crippen molar-refractivity contribution in [1.82, 2.24) is 10.3 Å². The van der Waals surface area contributed by atoms with E-state index in [0.717, 1.165) is 27.9 Å². The number of hydrogen-bond acceptors (Lipinski definition) is 4. The lowest BCUT2D eigenvalue weighted by molar-refractivity contribution is -0.114. The number of para-hydroxylation sites is 1. The lowest BCUT2D eigenvalue weighted by Crippen LogP contribution is -2.36. The molecule has 0 radical (unpaired) electrons. The molecule has 4 N–H and O–H groups in total. The van der Waals surface area contributed by atoms with Gasteiger partial charge in [-0.15, -0.1) is 0 Å². The van der Waals surface area contributed by atoms with Crippen molar-refractivity contribution in [2.24, 2.45) is 4.99 Å². The highest BCUT2D eigenvalue weighted by Crippen LogP contribution is 2.19. The highest BCUT2D eigenvalue weighted by atomic mass is 16.5. The summed E-state index contributed by atoms with van der Waals surface area (Å²) in [7, 11) is 0. The standard InChI is InChI=1S/C28H29N5O3/c1-3-36-24-14-12-23(13-15-24)32-28(29-17-16-21-18-30-26-7-5-4-6-25(21)26)33-27(35)20-8-10-22(11-9-20)31-19(2)34/h4-15,18,30H,3,16-17H2,1-2H3,(H,31,34)(H2,29,32,33,35). The second kappa shape index (κ2) is 11.7. The number of fused-ring (bicyclic) bond motifs is 1. The van der Waals surface area contributed by atoms with Gasteiger partial charge in [0.2, 0.25) is 11.9 Å². The van der Waals surface area contributed by atoms with E-state index in [1.165, 1.54) is 6.92 Å². The maximum Gasteiger partial charge on any atom is 0.257 e. The number of nitrogens with one attached hydrogen (secondary N) is 4. The van der Waals surface area contributed by atoms with Gasteiger partial charge >= 0.3 is 0 Å². The van der Waals surface area contributed by atoms with Gasteiger partial charge in [-0.3, -0.25) is 19.9 Å². The highest BCUT2D eigenvalue weighted by molar-refractivity contribution is 6.10. The monoisotopic (exact) mass is 483 g/mol. The van der Waals surface area contributed by atoms with Crippen molar-refractivity contribution >= 4 is 40.1 Å². The molecule has 8 nitrogen and oxygen atoms in total. The molecular formula is C28H29N5O3. The number of rotatable bonds is 8. The van der Waals surface area contributed by atoms with Crippen LogP contribution in [-0.2, 0) is 11.2 Å². The van der Waals surface area contributed by atoms with Crippen molar-refractivity contribution < 1.29 is 14.3 Å². The number of hydrogen-bond donors (Lipinski definition) is 4. The summed E-state index contributed by atoms with van der Waals surface area (Å²) >= 11 is 0. The van der Waals surface area contributed by atoms with E-state index in [2.05, 4.69) is 32.0 Å². The van der Waals surface area contributed by atoms with E-state index in [-0.39, 0.29) is 11.8 Å². The predicted octanol–water partition coefficient (Wildman–Crippen LogP) is 4.97. The maximum absolute atomic E-state index is 12.9. The molecule has 2 amide bonds. The molecule has 1 heterocycles. The van der Waals surface area contributed by atoms with Crippen molar-refractivity contribution in [3.8, 4) is 5.75 Å². The average Bonchev–Trinajstić information content (AvgIpc) is 3.28. The molecule has 0 saturated heterocycles. The fourth-order valence-corrected chi connectivity index (χ4v) is 3.76. The summed E-state index contributed by atoms with van der Waals surface area (Å²) in [5, 5.41) is 9.93. The summed E-state index contributed by atoms with van der Waals surface area (Å²) in [6.45, 7) is 4.43. The number of aromatic nitrogens is 1. The first kappa shape index (κ1) is 24.5. The zero-order valence-corrected chi connectivity index (χ0v) is 20.3. The zero-order chi connectivity index (χ0) is 25.3. The molecule has 0 bridgehead atoms. The van der Waals surface area contributed by atoms with Gasteiger partial charge in [0.25, 0.3) is 5.91 Å². The van der Waals surface area contributed by atoms with E-state index in [0.29, 0.717) is 36.8 Å². The van der Waals surface area contributed by atoms with E-state index in [9.17, 15) is 9.59 Å². The largest absolute Gasteiger partial charge is 0.494 e. The number of nitrogens with zero attached hydrogens (tertiary/aromatic N) is 1. The van der Waals surface area contributed by atoms with E-state index >= 15 is 0 Å². The van der Waals surface area contributed by atoms with Gasteiger partial charge in [-0.05, 0) is 73.5 Å². The Hall–Kier alpha value is -4.59. The molecular weight excluding hydrogens is 454 g/mol. The van der Waals surface area contributed by atoms with Gasteiger partial charge in [0.15, 0.2) is 0 Å². The van der Waals surface area contributed by atoms with Crippen LogP contribution in [0.5, 0.6) is 5.75 Å². The van der Waals surface area contributed by atoms with Gasteiger partial charge in [-0.1, -0.05) is 18.2 Å². The van der Waals surface area contributed by atoms with Crippen molar-refractivity contribution in [2.45, 2.75) is 20.3 Å². The first-order valence-corrected chi connectivity index (χ1v) is 11.8. The van der Waals surface area contributed by atoms with Crippen LogP contribution in [0.4, 0.5) is 11.4 Å². The minimum absolute atomic E-state index is 0.170. The molecule has 0 fully saturated rings. The van der Waals surface area contributed by atoms with Crippen molar-refractivity contribution in [3.05, 3.63) is 90.1 Å². The molecule has 0 spiro atoms. The molecule has 0 unspecified atom stereocenters. The molecule has 0 atom stereocenters. The fraction of sp³-hybridized carbons (Fsp3) is 0.179. The number of aromatic amines is 1. The molecule has 36 heavy (non-hydrogen) atoms. The van der Waals surface area contributed by atoms with Crippen LogP contribution in [0.3, 0.4) is 0 Å². The van der Waals surface area contributed by atoms with Gasteiger partial charge in [0, 0.05) is 47.5 Å². The van der Waals surface area contributed by atoms with Crippen molar-refractivity contribution in [3.63, 3.8) is 0 Å². The number of guanidine groups is 1. The van der Waals surface area contributed by atoms with Gasteiger partial charge < -0.3 is 20.4 Å². The smallest absolute Gasteiger partial charge is 0.257 e. The molecule has 8 heteroatoms. The van der Waals surface area contributed by atoms with Crippen LogP contribution in [0.2, 0.25) is 0 Å². The molecule has 0 aliphatic carbocycles. The molecule has 0 aliphatic heterocycles. The Morgan fingerprint density at radius 1 is 0.917 bits per heavy atom. The quantitative estimate of drug-likeness (QED) is 0.210. The van der Waals surface area contributed by atoms with Gasteiger partial charge in [0.1, 0.15) is 5.75 Å². The van der Waals surface area contributed by atoms with Crippen molar-refractivity contribution in [2.75, 3.05) is 23.8 Å². The number of H-pyrrole nitrogens is 1. The third-order valence-corrected chi connectivity index (χ3v) is 5.45. The Labute approximate surface area is 209 Å². The van der Waals surface area contributed by atoms with E-state index in [1.807, 2.05) is 55.6 Å². The van der Waals surface area contributed by atoms with Crippen LogP contribution >= 0.6 is 0 Å². The van der Waals surface area contributed by atoms with E-state index in [1.54, 1.807) is 24.3 Å². The predicted molar refractivity (Wildman–Crippen MR) is 144 cm³/mol. The van der Waals surface area contributed by atoms with Crippen molar-refractivity contribution in [1.29, 1.82) is 0 Å². The van der Waals surface area contributed by atoms with E-state index in [4.69, 9.17) is 4.74 Å². The van der Waals surface area contributed by atoms with Crippen LogP contribution in [-0.4, -0.2) is 35.9 Å². The molecule has 4 rings (SSSR count). The van der Waals surface area contributed by atoms with Crippen LogP contribution in [0, 0.1) is 0 Å². The third-order valence-electron chi connectivity index (χ3n) is 5.45. The molecule has 1 aromatic heterocycles. The van der Waals surface area contributed by atoms with Crippen LogP contribution in [0.15, 0.2) is 84.0 Å². The summed E-state index contributed by atoms with van der Waals surface area (Å²) in [5.74, 6) is 0.629. The summed E-state index contributed by atoms with van der Waals surface area (Å²) in [6, 6.07) is 22.3. The molecule has 0 saturated carbocycles. The fourth-order valence-electron chi connectivity index (χ4n) is 3.76. The normalized spacial score (nSPS) is 11.2. The zero-order valence-electron chi connectivity index (χ0n) is 20.3. The maximum atomic E-state index is 12.9. The number of benzene rings is 3. The number of carbonyl (C=O) groups excluding carboxylic acids is 2. The first-order valence-electron chi connectivity index (χ1n) is 11.8. The van der Waals surface area contributed by atoms with Crippen LogP contribution in [0.25, 0.3) is 10.9 Å². The Kier molecular flexibility index (Phi) is 7.97. The Morgan fingerprint density at radius 3 is 2.33 bits per heavy atom. The molecule has 3 aromatic carbocycles. The summed E-state index contributed by atoms with van der Waals surface area (Å²) in [6.07, 6.45) is 2.70.